The summed E-state index contributed by atoms with van der Waals surface area (Å²) < 4.78 is 5.47. The van der Waals surface area contributed by atoms with Crippen molar-refractivity contribution in [3.63, 3.8) is 0 Å². The molecule has 2 heterocycles. The Hall–Kier alpha value is -1.45. The summed E-state index contributed by atoms with van der Waals surface area (Å²) >= 11 is 0. The van der Waals surface area contributed by atoms with Crippen LogP contribution in [-0.4, -0.2) is 23.5 Å². The first-order chi connectivity index (χ1) is 9.34. The van der Waals surface area contributed by atoms with Gasteiger partial charge in [0.25, 0.3) is 0 Å². The maximum absolute atomic E-state index is 12.4. The van der Waals surface area contributed by atoms with E-state index in [-0.39, 0.29) is 12.1 Å². The second-order valence-electron chi connectivity index (χ2n) is 5.65. The summed E-state index contributed by atoms with van der Waals surface area (Å²) in [5.41, 5.74) is 0. The Kier molecular flexibility index (Phi) is 3.76. The van der Waals surface area contributed by atoms with Gasteiger partial charge >= 0.3 is 6.03 Å². The van der Waals surface area contributed by atoms with Crippen LogP contribution in [0.4, 0.5) is 4.79 Å². The Morgan fingerprint density at radius 1 is 1.21 bits per heavy atom. The zero-order valence-corrected chi connectivity index (χ0v) is 11.3. The van der Waals surface area contributed by atoms with Crippen LogP contribution in [0.5, 0.6) is 0 Å². The van der Waals surface area contributed by atoms with E-state index in [1.54, 1.807) is 6.26 Å². The molecule has 4 nitrogen and oxygen atoms in total. The number of carbonyl (C=O) groups is 1. The zero-order valence-electron chi connectivity index (χ0n) is 11.3. The summed E-state index contributed by atoms with van der Waals surface area (Å²) in [5.74, 6) is 0.913. The Bertz CT molecular complexity index is 410. The highest BCUT2D eigenvalue weighted by Crippen LogP contribution is 2.32. The van der Waals surface area contributed by atoms with Gasteiger partial charge in [0.05, 0.1) is 12.3 Å². The minimum absolute atomic E-state index is 0.0887. The number of carbonyl (C=O) groups excluding carboxylic acids is 1. The molecule has 19 heavy (non-hydrogen) atoms. The van der Waals surface area contributed by atoms with Gasteiger partial charge in [0.2, 0.25) is 0 Å². The van der Waals surface area contributed by atoms with Crippen LogP contribution < -0.4 is 5.32 Å². The first-order valence-electron chi connectivity index (χ1n) is 7.45. The molecule has 1 aliphatic heterocycles. The molecule has 1 saturated heterocycles. The highest BCUT2D eigenvalue weighted by molar-refractivity contribution is 5.75. The molecule has 2 aliphatic rings. The fraction of sp³-hybridized carbons (Fsp3) is 0.667. The van der Waals surface area contributed by atoms with E-state index in [0.717, 1.165) is 38.0 Å². The predicted molar refractivity (Wildman–Crippen MR) is 72.8 cm³/mol. The summed E-state index contributed by atoms with van der Waals surface area (Å²) in [7, 11) is 0. The van der Waals surface area contributed by atoms with Gasteiger partial charge in [0.1, 0.15) is 5.76 Å². The van der Waals surface area contributed by atoms with Crippen LogP contribution in [0.25, 0.3) is 0 Å². The number of hydrogen-bond donors (Lipinski definition) is 1. The van der Waals surface area contributed by atoms with Gasteiger partial charge < -0.3 is 14.6 Å². The van der Waals surface area contributed by atoms with Gasteiger partial charge in [-0.15, -0.1) is 0 Å². The van der Waals surface area contributed by atoms with Gasteiger partial charge in [-0.25, -0.2) is 4.79 Å². The molecule has 0 bridgehead atoms. The quantitative estimate of drug-likeness (QED) is 0.887. The number of nitrogens with zero attached hydrogens (tertiary/aromatic N) is 1. The molecule has 1 aromatic rings. The number of hydrogen-bond acceptors (Lipinski definition) is 2. The number of likely N-dealkylation sites (tertiary alicyclic amines) is 1. The maximum Gasteiger partial charge on any atom is 0.318 e. The molecule has 0 aromatic carbocycles. The molecular weight excluding hydrogens is 240 g/mol. The van der Waals surface area contributed by atoms with Crippen molar-refractivity contribution in [2.45, 2.75) is 57.0 Å². The molecule has 0 radical (unpaired) electrons. The molecule has 3 rings (SSSR count). The molecule has 104 valence electrons. The minimum atomic E-state index is 0.0887. The topological polar surface area (TPSA) is 45.5 Å². The molecule has 1 unspecified atom stereocenters. The molecule has 0 spiro atoms. The van der Waals surface area contributed by atoms with E-state index in [2.05, 4.69) is 5.32 Å². The number of urea groups is 1. The first kappa shape index (κ1) is 12.6. The molecular formula is C15H22N2O2. The van der Waals surface area contributed by atoms with Crippen LogP contribution in [0, 0.1) is 0 Å². The van der Waals surface area contributed by atoms with Crippen molar-refractivity contribution in [1.29, 1.82) is 0 Å². The Morgan fingerprint density at radius 2 is 2.05 bits per heavy atom. The SMILES string of the molecule is O=C(NC1CCCCC1)N1CCCC1c1ccco1. The van der Waals surface area contributed by atoms with E-state index in [0.29, 0.717) is 6.04 Å². The van der Waals surface area contributed by atoms with E-state index in [4.69, 9.17) is 4.42 Å². The number of rotatable bonds is 2. The van der Waals surface area contributed by atoms with E-state index in [9.17, 15) is 4.79 Å². The fourth-order valence-electron chi connectivity index (χ4n) is 3.29. The van der Waals surface area contributed by atoms with Crippen LogP contribution >= 0.6 is 0 Å². The van der Waals surface area contributed by atoms with E-state index < -0.39 is 0 Å². The fourth-order valence-corrected chi connectivity index (χ4v) is 3.29. The van der Waals surface area contributed by atoms with Gasteiger partial charge in [-0.2, -0.15) is 0 Å². The average molecular weight is 262 g/mol. The predicted octanol–water partition coefficient (Wildman–Crippen LogP) is 3.46. The first-order valence-corrected chi connectivity index (χ1v) is 7.45. The van der Waals surface area contributed by atoms with Crippen molar-refractivity contribution >= 4 is 6.03 Å². The summed E-state index contributed by atoms with van der Waals surface area (Å²) in [4.78, 5) is 14.3. The van der Waals surface area contributed by atoms with Gasteiger partial charge in [-0.1, -0.05) is 19.3 Å². The number of amides is 2. The van der Waals surface area contributed by atoms with Crippen molar-refractivity contribution in [2.75, 3.05) is 6.54 Å². The highest BCUT2D eigenvalue weighted by atomic mass is 16.3. The molecule has 1 saturated carbocycles. The van der Waals surface area contributed by atoms with E-state index in [1.807, 2.05) is 17.0 Å². The zero-order chi connectivity index (χ0) is 13.1. The summed E-state index contributed by atoms with van der Waals surface area (Å²) in [6.07, 6.45) is 9.81. The van der Waals surface area contributed by atoms with Crippen molar-refractivity contribution in [3.05, 3.63) is 24.2 Å². The monoisotopic (exact) mass is 262 g/mol. The van der Waals surface area contributed by atoms with Crippen molar-refractivity contribution < 1.29 is 9.21 Å². The second kappa shape index (κ2) is 5.68. The summed E-state index contributed by atoms with van der Waals surface area (Å²) in [6, 6.07) is 4.45. The van der Waals surface area contributed by atoms with Crippen molar-refractivity contribution in [2.24, 2.45) is 0 Å². The minimum Gasteiger partial charge on any atom is -0.467 e. The standard InChI is InChI=1S/C15H22N2O2/c18-15(16-12-6-2-1-3-7-12)17-10-4-8-13(17)14-9-5-11-19-14/h5,9,11-13H,1-4,6-8,10H2,(H,16,18). The Labute approximate surface area is 114 Å². The van der Waals surface area contributed by atoms with E-state index >= 15 is 0 Å². The van der Waals surface area contributed by atoms with Gasteiger partial charge in [-0.3, -0.25) is 0 Å². The number of nitrogens with one attached hydrogen (secondary N) is 1. The Morgan fingerprint density at radius 3 is 2.79 bits per heavy atom. The smallest absolute Gasteiger partial charge is 0.318 e. The highest BCUT2D eigenvalue weighted by Gasteiger charge is 2.32. The van der Waals surface area contributed by atoms with Gasteiger partial charge in [0, 0.05) is 12.6 Å². The van der Waals surface area contributed by atoms with Crippen LogP contribution in [0.3, 0.4) is 0 Å². The van der Waals surface area contributed by atoms with Crippen LogP contribution in [0.15, 0.2) is 22.8 Å². The third-order valence-corrected chi connectivity index (χ3v) is 4.32. The second-order valence-corrected chi connectivity index (χ2v) is 5.65. The molecule has 1 atom stereocenters. The lowest BCUT2D eigenvalue weighted by Crippen LogP contribution is -2.45. The Balaban J connectivity index is 1.62. The van der Waals surface area contributed by atoms with Crippen LogP contribution in [0.2, 0.25) is 0 Å². The number of furan rings is 1. The lowest BCUT2D eigenvalue weighted by atomic mass is 9.96. The molecule has 1 N–H and O–H groups in total. The van der Waals surface area contributed by atoms with Crippen molar-refractivity contribution in [3.8, 4) is 0 Å². The van der Waals surface area contributed by atoms with Gasteiger partial charge in [-0.05, 0) is 37.8 Å². The summed E-state index contributed by atoms with van der Waals surface area (Å²) in [6.45, 7) is 0.837. The van der Waals surface area contributed by atoms with Crippen LogP contribution in [0.1, 0.15) is 56.7 Å². The summed E-state index contributed by atoms with van der Waals surface area (Å²) in [5, 5.41) is 3.20. The largest absolute Gasteiger partial charge is 0.467 e. The lowest BCUT2D eigenvalue weighted by molar-refractivity contribution is 0.179. The van der Waals surface area contributed by atoms with Crippen LogP contribution in [-0.2, 0) is 0 Å². The van der Waals surface area contributed by atoms with Crippen molar-refractivity contribution in [1.82, 2.24) is 10.2 Å². The molecule has 1 aromatic heterocycles. The normalized spacial score (nSPS) is 24.6. The maximum atomic E-state index is 12.4. The molecule has 1 aliphatic carbocycles. The third-order valence-electron chi connectivity index (χ3n) is 4.32. The molecule has 2 fully saturated rings. The molecule has 4 heteroatoms. The lowest BCUT2D eigenvalue weighted by Gasteiger charge is -2.28. The van der Waals surface area contributed by atoms with E-state index in [1.165, 1.54) is 19.3 Å². The third kappa shape index (κ3) is 2.77. The molecule has 2 amide bonds. The average Bonchev–Trinajstić information content (AvgIpc) is 3.10. The van der Waals surface area contributed by atoms with Gasteiger partial charge in [0.15, 0.2) is 0 Å².